The van der Waals surface area contributed by atoms with Gasteiger partial charge in [-0.05, 0) is 30.7 Å². The SMILES string of the molecule is CNCc1ccc(S(=O)(=O)NCC(C)COC)cc1. The number of rotatable bonds is 8. The lowest BCUT2D eigenvalue weighted by molar-refractivity contribution is 0.161. The molecule has 0 saturated heterocycles. The van der Waals surface area contributed by atoms with Crippen molar-refractivity contribution in [3.63, 3.8) is 0 Å². The highest BCUT2D eigenvalue weighted by atomic mass is 32.2. The van der Waals surface area contributed by atoms with Crippen molar-refractivity contribution in [2.75, 3.05) is 27.3 Å². The Balaban J connectivity index is 2.66. The second kappa shape index (κ2) is 7.59. The lowest BCUT2D eigenvalue weighted by Crippen LogP contribution is -2.30. The van der Waals surface area contributed by atoms with Gasteiger partial charge in [-0.2, -0.15) is 0 Å². The van der Waals surface area contributed by atoms with E-state index in [1.165, 1.54) is 0 Å². The Kier molecular flexibility index (Phi) is 6.44. The monoisotopic (exact) mass is 286 g/mol. The van der Waals surface area contributed by atoms with Crippen LogP contribution in [0.25, 0.3) is 0 Å². The van der Waals surface area contributed by atoms with E-state index in [1.54, 1.807) is 19.2 Å². The lowest BCUT2D eigenvalue weighted by atomic mass is 10.2. The fourth-order valence-electron chi connectivity index (χ4n) is 1.67. The molecule has 1 atom stereocenters. The van der Waals surface area contributed by atoms with Crippen LogP contribution in [0.15, 0.2) is 29.2 Å². The van der Waals surface area contributed by atoms with Gasteiger partial charge in [-0.15, -0.1) is 0 Å². The molecule has 0 amide bonds. The maximum atomic E-state index is 12.0. The van der Waals surface area contributed by atoms with Crippen molar-refractivity contribution < 1.29 is 13.2 Å². The third-order valence-electron chi connectivity index (χ3n) is 2.69. The molecule has 0 fully saturated rings. The van der Waals surface area contributed by atoms with Gasteiger partial charge in [0.1, 0.15) is 0 Å². The third kappa shape index (κ3) is 5.28. The largest absolute Gasteiger partial charge is 0.384 e. The summed E-state index contributed by atoms with van der Waals surface area (Å²) in [4.78, 5) is 0.289. The summed E-state index contributed by atoms with van der Waals surface area (Å²) < 4.78 is 31.6. The maximum absolute atomic E-state index is 12.0. The van der Waals surface area contributed by atoms with E-state index >= 15 is 0 Å². The summed E-state index contributed by atoms with van der Waals surface area (Å²) in [7, 11) is 0.0219. The first-order chi connectivity index (χ1) is 8.99. The molecule has 0 heterocycles. The zero-order valence-electron chi connectivity index (χ0n) is 11.6. The molecule has 0 bridgehead atoms. The fourth-order valence-corrected chi connectivity index (χ4v) is 2.83. The zero-order chi connectivity index (χ0) is 14.3. The average Bonchev–Trinajstić information content (AvgIpc) is 2.38. The Morgan fingerprint density at radius 2 is 1.89 bits per heavy atom. The smallest absolute Gasteiger partial charge is 0.240 e. The van der Waals surface area contributed by atoms with Gasteiger partial charge in [-0.25, -0.2) is 13.1 Å². The molecule has 1 aromatic carbocycles. The Morgan fingerprint density at radius 3 is 2.42 bits per heavy atom. The molecule has 1 unspecified atom stereocenters. The summed E-state index contributed by atoms with van der Waals surface area (Å²) >= 11 is 0. The van der Waals surface area contributed by atoms with Crippen molar-refractivity contribution in [3.05, 3.63) is 29.8 Å². The summed E-state index contributed by atoms with van der Waals surface area (Å²) in [5.74, 6) is 0.142. The van der Waals surface area contributed by atoms with Crippen LogP contribution in [0.2, 0.25) is 0 Å². The van der Waals surface area contributed by atoms with Crippen molar-refractivity contribution in [1.82, 2.24) is 10.0 Å². The number of nitrogens with one attached hydrogen (secondary N) is 2. The van der Waals surface area contributed by atoms with Crippen LogP contribution in [0.3, 0.4) is 0 Å². The molecule has 0 aromatic heterocycles. The van der Waals surface area contributed by atoms with E-state index in [9.17, 15) is 8.42 Å². The van der Waals surface area contributed by atoms with Crippen molar-refractivity contribution >= 4 is 10.0 Å². The van der Waals surface area contributed by atoms with E-state index in [0.29, 0.717) is 13.2 Å². The van der Waals surface area contributed by atoms with E-state index in [-0.39, 0.29) is 10.8 Å². The highest BCUT2D eigenvalue weighted by Gasteiger charge is 2.14. The topological polar surface area (TPSA) is 67.4 Å². The minimum atomic E-state index is -3.43. The minimum Gasteiger partial charge on any atom is -0.384 e. The summed E-state index contributed by atoms with van der Waals surface area (Å²) in [6, 6.07) is 6.86. The Labute approximate surface area is 115 Å². The molecule has 0 radical (unpaired) electrons. The molecule has 1 aromatic rings. The highest BCUT2D eigenvalue weighted by Crippen LogP contribution is 2.10. The second-order valence-corrected chi connectivity index (χ2v) is 6.35. The van der Waals surface area contributed by atoms with Gasteiger partial charge >= 0.3 is 0 Å². The van der Waals surface area contributed by atoms with Crippen LogP contribution in [0.5, 0.6) is 0 Å². The van der Waals surface area contributed by atoms with Crippen LogP contribution in [-0.4, -0.2) is 35.7 Å². The molecule has 19 heavy (non-hydrogen) atoms. The third-order valence-corrected chi connectivity index (χ3v) is 4.13. The Hall–Kier alpha value is -0.950. The predicted molar refractivity (Wildman–Crippen MR) is 75.4 cm³/mol. The molecule has 0 spiro atoms. The van der Waals surface area contributed by atoms with Crippen LogP contribution in [-0.2, 0) is 21.3 Å². The van der Waals surface area contributed by atoms with Gasteiger partial charge in [0, 0.05) is 26.8 Å². The van der Waals surface area contributed by atoms with E-state index < -0.39 is 10.0 Å². The average molecular weight is 286 g/mol. The molecule has 1 rings (SSSR count). The van der Waals surface area contributed by atoms with Gasteiger partial charge < -0.3 is 10.1 Å². The first kappa shape index (κ1) is 16.1. The maximum Gasteiger partial charge on any atom is 0.240 e. The molecule has 6 heteroatoms. The minimum absolute atomic E-state index is 0.142. The fraction of sp³-hybridized carbons (Fsp3) is 0.538. The quantitative estimate of drug-likeness (QED) is 0.747. The number of benzene rings is 1. The van der Waals surface area contributed by atoms with Crippen molar-refractivity contribution in [3.8, 4) is 0 Å². The molecule has 0 saturated carbocycles. The second-order valence-electron chi connectivity index (χ2n) is 4.59. The van der Waals surface area contributed by atoms with Crippen molar-refractivity contribution in [2.45, 2.75) is 18.4 Å². The number of hydrogen-bond donors (Lipinski definition) is 2. The molecule has 2 N–H and O–H groups in total. The van der Waals surface area contributed by atoms with Gasteiger partial charge in [0.05, 0.1) is 4.90 Å². The van der Waals surface area contributed by atoms with Crippen molar-refractivity contribution in [1.29, 1.82) is 0 Å². The highest BCUT2D eigenvalue weighted by molar-refractivity contribution is 7.89. The summed E-state index contributed by atoms with van der Waals surface area (Å²) in [6.07, 6.45) is 0. The number of ether oxygens (including phenoxy) is 1. The van der Waals surface area contributed by atoms with Gasteiger partial charge in [0.15, 0.2) is 0 Å². The standard InChI is InChI=1S/C13H22N2O3S/c1-11(10-18-3)8-15-19(16,17)13-6-4-12(5-7-13)9-14-2/h4-7,11,14-15H,8-10H2,1-3H3. The predicted octanol–water partition coefficient (Wildman–Crippen LogP) is 0.967. The van der Waals surface area contributed by atoms with Crippen LogP contribution in [0.4, 0.5) is 0 Å². The number of methoxy groups -OCH3 is 1. The van der Waals surface area contributed by atoms with Gasteiger partial charge in [-0.1, -0.05) is 19.1 Å². The van der Waals surface area contributed by atoms with Gasteiger partial charge in [0.25, 0.3) is 0 Å². The van der Waals surface area contributed by atoms with Crippen LogP contribution in [0, 0.1) is 5.92 Å². The molecule has 0 aliphatic carbocycles. The van der Waals surface area contributed by atoms with Crippen LogP contribution < -0.4 is 10.0 Å². The summed E-state index contributed by atoms with van der Waals surface area (Å²) in [6.45, 7) is 3.55. The molecule has 0 aliphatic rings. The normalized spacial score (nSPS) is 13.4. The molecular formula is C13H22N2O3S. The van der Waals surface area contributed by atoms with E-state index in [0.717, 1.165) is 12.1 Å². The summed E-state index contributed by atoms with van der Waals surface area (Å²) in [5, 5.41) is 3.02. The summed E-state index contributed by atoms with van der Waals surface area (Å²) in [5.41, 5.74) is 1.05. The van der Waals surface area contributed by atoms with Crippen molar-refractivity contribution in [2.24, 2.45) is 5.92 Å². The van der Waals surface area contributed by atoms with E-state index in [1.807, 2.05) is 26.1 Å². The molecule has 5 nitrogen and oxygen atoms in total. The number of sulfonamides is 1. The van der Waals surface area contributed by atoms with Crippen LogP contribution >= 0.6 is 0 Å². The first-order valence-corrected chi connectivity index (χ1v) is 7.70. The van der Waals surface area contributed by atoms with Crippen LogP contribution in [0.1, 0.15) is 12.5 Å². The van der Waals surface area contributed by atoms with Gasteiger partial charge in [0.2, 0.25) is 10.0 Å². The zero-order valence-corrected chi connectivity index (χ0v) is 12.5. The van der Waals surface area contributed by atoms with Gasteiger partial charge in [-0.3, -0.25) is 0 Å². The first-order valence-electron chi connectivity index (χ1n) is 6.21. The Morgan fingerprint density at radius 1 is 1.26 bits per heavy atom. The Bertz CT molecular complexity index is 471. The molecule has 108 valence electrons. The number of hydrogen-bond acceptors (Lipinski definition) is 4. The van der Waals surface area contributed by atoms with E-state index in [4.69, 9.17) is 4.74 Å². The molecular weight excluding hydrogens is 264 g/mol. The van der Waals surface area contributed by atoms with E-state index in [2.05, 4.69) is 10.0 Å². The molecule has 0 aliphatic heterocycles. The lowest BCUT2D eigenvalue weighted by Gasteiger charge is -2.12.